The molecule has 1 N–H and O–H groups in total. The van der Waals surface area contributed by atoms with Gasteiger partial charge in [-0.3, -0.25) is 0 Å². The molecule has 4 rings (SSSR count). The molecule has 312 valence electrons. The van der Waals surface area contributed by atoms with Crippen LogP contribution in [0.3, 0.4) is 0 Å². The van der Waals surface area contributed by atoms with Crippen molar-refractivity contribution < 1.29 is 47.6 Å². The van der Waals surface area contributed by atoms with Crippen LogP contribution in [-0.2, 0) is 23.8 Å². The Morgan fingerprint density at radius 3 is 1.55 bits per heavy atom. The molecule has 0 bridgehead atoms. The average Bonchev–Trinajstić information content (AvgIpc) is 3.26. The van der Waals surface area contributed by atoms with Crippen LogP contribution in [0, 0.1) is 5.41 Å². The molecule has 0 heterocycles. The second-order valence-electron chi connectivity index (χ2n) is 13.5. The van der Waals surface area contributed by atoms with Crippen LogP contribution in [0.4, 0.5) is 0 Å². The summed E-state index contributed by atoms with van der Waals surface area (Å²) in [6.07, 6.45) is 13.5. The molecule has 0 aromatic heterocycles. The van der Waals surface area contributed by atoms with E-state index in [1.807, 2.05) is 26.0 Å². The fourth-order valence-electron chi connectivity index (χ4n) is 6.25. The van der Waals surface area contributed by atoms with Crippen molar-refractivity contribution in [3.05, 3.63) is 114 Å². The number of esters is 4. The van der Waals surface area contributed by atoms with Crippen molar-refractivity contribution in [1.29, 1.82) is 5.41 Å². The van der Waals surface area contributed by atoms with Gasteiger partial charge in [-0.25, -0.2) is 19.2 Å². The van der Waals surface area contributed by atoms with Gasteiger partial charge in [0.1, 0.15) is 23.4 Å². The van der Waals surface area contributed by atoms with Gasteiger partial charge in [0, 0.05) is 23.9 Å². The van der Waals surface area contributed by atoms with Crippen molar-refractivity contribution in [3.63, 3.8) is 0 Å². The molecule has 11 heteroatoms. The van der Waals surface area contributed by atoms with E-state index >= 15 is 0 Å². The Morgan fingerprint density at radius 2 is 1.09 bits per heavy atom. The number of rotatable bonds is 24. The van der Waals surface area contributed by atoms with Crippen LogP contribution in [-0.4, -0.2) is 62.6 Å². The molecule has 0 unspecified atom stereocenters. The highest BCUT2D eigenvalue weighted by atomic mass is 16.5. The largest absolute Gasteiger partial charge is 0.494 e. The first kappa shape index (κ1) is 46.7. The fourth-order valence-corrected chi connectivity index (χ4v) is 6.25. The molecule has 58 heavy (non-hydrogen) atoms. The van der Waals surface area contributed by atoms with E-state index in [-0.39, 0.29) is 18.0 Å². The van der Waals surface area contributed by atoms with Crippen LogP contribution in [0.5, 0.6) is 17.2 Å². The smallest absolute Gasteiger partial charge is 0.343 e. The zero-order chi connectivity index (χ0) is 42.0. The molecule has 3 aromatic rings. The number of benzene rings is 3. The van der Waals surface area contributed by atoms with Gasteiger partial charge in [-0.15, -0.1) is 0 Å². The van der Waals surface area contributed by atoms with E-state index in [0.29, 0.717) is 60.4 Å². The minimum atomic E-state index is -0.525. The first-order valence-corrected chi connectivity index (χ1v) is 20.4. The average molecular weight is 798 g/mol. The van der Waals surface area contributed by atoms with Crippen LogP contribution >= 0.6 is 0 Å². The molecule has 0 amide bonds. The first-order valence-electron chi connectivity index (χ1n) is 20.4. The quantitative estimate of drug-likeness (QED) is 0.0232. The fraction of sp³-hybridized carbons (Fsp3) is 0.426. The zero-order valence-corrected chi connectivity index (χ0v) is 34.0. The molecule has 0 spiro atoms. The molecule has 11 nitrogen and oxygen atoms in total. The minimum Gasteiger partial charge on any atom is -0.494 e. The Balaban J connectivity index is 0.00000443. The first-order chi connectivity index (χ1) is 28.3. The predicted octanol–water partition coefficient (Wildman–Crippen LogP) is 10.1. The summed E-state index contributed by atoms with van der Waals surface area (Å²) in [6.45, 7) is 12.6. The third kappa shape index (κ3) is 16.8. The van der Waals surface area contributed by atoms with E-state index in [1.54, 1.807) is 54.6 Å². The zero-order valence-electron chi connectivity index (χ0n) is 34.0. The summed E-state index contributed by atoms with van der Waals surface area (Å²) in [5.74, 6) is 0.199. The summed E-state index contributed by atoms with van der Waals surface area (Å²) in [5, 5.41) is 7.98. The lowest BCUT2D eigenvalue weighted by atomic mass is 9.82. The summed E-state index contributed by atoms with van der Waals surface area (Å²) in [6, 6.07) is 19.3. The Morgan fingerprint density at radius 1 is 0.621 bits per heavy atom. The molecule has 0 aliphatic heterocycles. The number of nitrogens with one attached hydrogen (secondary N) is 1. The summed E-state index contributed by atoms with van der Waals surface area (Å²) < 4.78 is 33.0. The topological polar surface area (TPSA) is 148 Å². The van der Waals surface area contributed by atoms with Crippen molar-refractivity contribution in [3.8, 4) is 17.2 Å². The number of ether oxygens (including phenoxy) is 6. The van der Waals surface area contributed by atoms with Crippen molar-refractivity contribution in [2.45, 2.75) is 103 Å². The number of unbranched alkanes of at least 4 members (excludes halogenated alkanes) is 6. The van der Waals surface area contributed by atoms with Crippen molar-refractivity contribution in [2.24, 2.45) is 0 Å². The second kappa shape index (κ2) is 27.0. The molecule has 1 aliphatic carbocycles. The highest BCUT2D eigenvalue weighted by Gasteiger charge is 2.26. The minimum absolute atomic E-state index is 0.179. The van der Waals surface area contributed by atoms with E-state index in [2.05, 4.69) is 13.2 Å². The third-order valence-electron chi connectivity index (χ3n) is 9.43. The Hall–Kier alpha value is -5.71. The highest BCUT2D eigenvalue weighted by molar-refractivity contribution is 5.93. The summed E-state index contributed by atoms with van der Waals surface area (Å²) >= 11 is 0. The van der Waals surface area contributed by atoms with E-state index < -0.39 is 17.9 Å². The van der Waals surface area contributed by atoms with Crippen LogP contribution in [0.25, 0.3) is 0 Å². The molecule has 0 radical (unpaired) electrons. The maximum absolute atomic E-state index is 12.9. The van der Waals surface area contributed by atoms with E-state index in [9.17, 15) is 19.2 Å². The van der Waals surface area contributed by atoms with E-state index in [1.165, 1.54) is 6.21 Å². The summed E-state index contributed by atoms with van der Waals surface area (Å²) in [7, 11) is 0. The maximum Gasteiger partial charge on any atom is 0.343 e. The van der Waals surface area contributed by atoms with Gasteiger partial charge in [0.15, 0.2) is 0 Å². The maximum atomic E-state index is 12.9. The normalized spacial score (nSPS) is 14.4. The van der Waals surface area contributed by atoms with Crippen LogP contribution in [0.2, 0.25) is 0 Å². The van der Waals surface area contributed by atoms with Gasteiger partial charge >= 0.3 is 23.9 Å². The number of hydrogen-bond donors (Lipinski definition) is 1. The van der Waals surface area contributed by atoms with Gasteiger partial charge in [0.2, 0.25) is 0 Å². The van der Waals surface area contributed by atoms with Crippen molar-refractivity contribution in [1.82, 2.24) is 0 Å². The molecule has 0 atom stereocenters. The van der Waals surface area contributed by atoms with Crippen molar-refractivity contribution in [2.75, 3.05) is 26.4 Å². The van der Waals surface area contributed by atoms with Gasteiger partial charge in [-0.2, -0.15) is 0 Å². The lowest BCUT2D eigenvalue weighted by Crippen LogP contribution is -2.24. The predicted molar refractivity (Wildman–Crippen MR) is 224 cm³/mol. The number of carbonyl (C=O) groups excluding carboxylic acids is 4. The standard InChI is InChI=1S/C45H53NO10.C2H6/c1-3-42(47)53-29-11-7-5-9-27-51-38-20-15-34(16-21-38)44(49)55-40-24-13-33(14-25-40)36-19-26-41(37(31-36)32-46)56-45(50)35-17-22-39(23-18-35)52-28-10-6-8-12-30-54-43(48)4-2;1-2/h3-4,15-23,26,31-33,40,46H,1-2,5-14,24-25,27-30H2;1-2H3. The van der Waals surface area contributed by atoms with Crippen LogP contribution < -0.4 is 14.2 Å². The molecular formula is C47H59NO10. The van der Waals surface area contributed by atoms with Crippen molar-refractivity contribution >= 4 is 30.1 Å². The molecule has 1 fully saturated rings. The summed E-state index contributed by atoms with van der Waals surface area (Å²) in [4.78, 5) is 47.9. The molecule has 0 saturated heterocycles. The highest BCUT2D eigenvalue weighted by Crippen LogP contribution is 2.36. The Labute approximate surface area is 343 Å². The summed E-state index contributed by atoms with van der Waals surface area (Å²) in [5.41, 5.74) is 2.41. The SMILES string of the molecule is C=CC(=O)OCCCCCCOc1ccc(C(=O)Oc2ccc(C3CCC(OC(=O)c4ccc(OCCCCCCOC(=O)C=C)cc4)CC3)cc2C=N)cc1.CC. The van der Waals surface area contributed by atoms with Gasteiger partial charge in [-0.1, -0.05) is 33.1 Å². The van der Waals surface area contributed by atoms with Crippen LogP contribution in [0.1, 0.15) is 129 Å². The number of hydrogen-bond acceptors (Lipinski definition) is 11. The molecule has 3 aromatic carbocycles. The number of carbonyl (C=O) groups is 4. The van der Waals surface area contributed by atoms with Gasteiger partial charge in [0.25, 0.3) is 0 Å². The monoisotopic (exact) mass is 797 g/mol. The van der Waals surface area contributed by atoms with E-state index in [0.717, 1.165) is 94.8 Å². The Bertz CT molecular complexity index is 1740. The molecule has 1 aliphatic rings. The molecular weight excluding hydrogens is 739 g/mol. The van der Waals surface area contributed by atoms with E-state index in [4.69, 9.17) is 33.8 Å². The van der Waals surface area contributed by atoms with Gasteiger partial charge < -0.3 is 33.8 Å². The Kier molecular flexibility index (Phi) is 21.7. The lowest BCUT2D eigenvalue weighted by Gasteiger charge is -2.29. The third-order valence-corrected chi connectivity index (χ3v) is 9.43. The lowest BCUT2D eigenvalue weighted by molar-refractivity contribution is -0.138. The van der Waals surface area contributed by atoms with Gasteiger partial charge in [-0.05, 0) is 149 Å². The second-order valence-corrected chi connectivity index (χ2v) is 13.5. The van der Waals surface area contributed by atoms with Gasteiger partial charge in [0.05, 0.1) is 37.6 Å². The van der Waals surface area contributed by atoms with Crippen LogP contribution in [0.15, 0.2) is 92.0 Å². The molecule has 1 saturated carbocycles.